The number of amides is 2. The molecule has 0 aromatic heterocycles. The van der Waals surface area contributed by atoms with E-state index < -0.39 is 30.2 Å². The first-order valence-electron chi connectivity index (χ1n) is 8.11. The van der Waals surface area contributed by atoms with Crippen molar-refractivity contribution in [1.82, 2.24) is 10.9 Å². The van der Waals surface area contributed by atoms with E-state index in [1.807, 2.05) is 10.9 Å². The molecule has 2 aromatic carbocycles. The molecule has 0 radical (unpaired) electrons. The van der Waals surface area contributed by atoms with Crippen LogP contribution in [0.5, 0.6) is 11.5 Å². The summed E-state index contributed by atoms with van der Waals surface area (Å²) in [7, 11) is 0. The summed E-state index contributed by atoms with van der Waals surface area (Å²) in [6.07, 6.45) is 2.63. The Kier molecular flexibility index (Phi) is 5.85. The number of carbonyl (C=O) groups excluding carboxylic acids is 3. The minimum atomic E-state index is -0.833. The first-order valence-corrected chi connectivity index (χ1v) is 8.11. The fraction of sp³-hybridized carbons (Fsp3) is 0.105. The number of hydrogen-bond acceptors (Lipinski definition) is 6. The first-order chi connectivity index (χ1) is 13.5. The second-order valence-electron chi connectivity index (χ2n) is 5.54. The van der Waals surface area contributed by atoms with Crippen LogP contribution in [-0.4, -0.2) is 31.2 Å². The summed E-state index contributed by atoms with van der Waals surface area (Å²) >= 11 is 0. The van der Waals surface area contributed by atoms with Gasteiger partial charge in [-0.05, 0) is 35.9 Å². The summed E-state index contributed by atoms with van der Waals surface area (Å²) in [5.41, 5.74) is 4.51. The average Bonchev–Trinajstić information content (AvgIpc) is 3.17. The van der Waals surface area contributed by atoms with E-state index in [4.69, 9.17) is 14.2 Å². The lowest BCUT2D eigenvalue weighted by atomic mass is 10.2. The molecule has 1 aliphatic rings. The molecule has 0 fully saturated rings. The molecule has 0 bridgehead atoms. The normalized spacial score (nSPS) is 11.9. The Morgan fingerprint density at radius 2 is 1.86 bits per heavy atom. The molecular formula is C19H15FN2O6. The van der Waals surface area contributed by atoms with Gasteiger partial charge in [0.15, 0.2) is 18.1 Å². The second-order valence-corrected chi connectivity index (χ2v) is 5.54. The van der Waals surface area contributed by atoms with E-state index in [-0.39, 0.29) is 12.4 Å². The molecule has 9 heteroatoms. The highest BCUT2D eigenvalue weighted by Crippen LogP contribution is 2.32. The number of esters is 1. The molecule has 28 heavy (non-hydrogen) atoms. The van der Waals surface area contributed by atoms with Crippen molar-refractivity contribution >= 4 is 23.9 Å². The van der Waals surface area contributed by atoms with E-state index in [0.29, 0.717) is 17.1 Å². The molecular weight excluding hydrogens is 371 g/mol. The Labute approximate surface area is 158 Å². The van der Waals surface area contributed by atoms with Gasteiger partial charge in [-0.2, -0.15) is 0 Å². The highest BCUT2D eigenvalue weighted by molar-refractivity contribution is 5.96. The van der Waals surface area contributed by atoms with Crippen molar-refractivity contribution in [2.75, 3.05) is 13.4 Å². The van der Waals surface area contributed by atoms with Gasteiger partial charge in [0.2, 0.25) is 6.79 Å². The van der Waals surface area contributed by atoms with Gasteiger partial charge in [0.25, 0.3) is 11.8 Å². The second kappa shape index (κ2) is 8.67. The molecule has 0 saturated heterocycles. The summed E-state index contributed by atoms with van der Waals surface area (Å²) < 4.78 is 28.6. The third kappa shape index (κ3) is 4.85. The fourth-order valence-electron chi connectivity index (χ4n) is 2.24. The molecule has 1 aliphatic heterocycles. The van der Waals surface area contributed by atoms with Crippen molar-refractivity contribution < 1.29 is 33.0 Å². The number of hydrazine groups is 1. The lowest BCUT2D eigenvalue weighted by molar-refractivity contribution is -0.144. The monoisotopic (exact) mass is 386 g/mol. The lowest BCUT2D eigenvalue weighted by Crippen LogP contribution is -2.43. The van der Waals surface area contributed by atoms with Crippen molar-refractivity contribution in [1.29, 1.82) is 0 Å². The molecule has 2 aromatic rings. The Balaban J connectivity index is 1.42. The number of rotatable bonds is 5. The zero-order valence-corrected chi connectivity index (χ0v) is 14.4. The highest BCUT2D eigenvalue weighted by Gasteiger charge is 2.13. The molecule has 0 spiro atoms. The Bertz CT molecular complexity index is 944. The van der Waals surface area contributed by atoms with Gasteiger partial charge in [-0.15, -0.1) is 0 Å². The SMILES string of the molecule is O=C(COC(=O)/C=C/c1ccc2c(c1)OCO2)NNC(=O)c1ccccc1F. The third-order valence-corrected chi connectivity index (χ3v) is 3.59. The topological polar surface area (TPSA) is 103 Å². The maximum Gasteiger partial charge on any atom is 0.331 e. The summed E-state index contributed by atoms with van der Waals surface area (Å²) in [5.74, 6) is -1.91. The van der Waals surface area contributed by atoms with Gasteiger partial charge < -0.3 is 14.2 Å². The molecule has 0 aliphatic carbocycles. The van der Waals surface area contributed by atoms with Crippen LogP contribution in [0.2, 0.25) is 0 Å². The Morgan fingerprint density at radius 1 is 1.07 bits per heavy atom. The lowest BCUT2D eigenvalue weighted by Gasteiger charge is -2.07. The van der Waals surface area contributed by atoms with Crippen LogP contribution < -0.4 is 20.3 Å². The number of fused-ring (bicyclic) bond motifs is 1. The Hall–Kier alpha value is -3.88. The molecule has 8 nitrogen and oxygen atoms in total. The van der Waals surface area contributed by atoms with Crippen molar-refractivity contribution in [2.45, 2.75) is 0 Å². The smallest absolute Gasteiger partial charge is 0.331 e. The number of hydrogen-bond donors (Lipinski definition) is 2. The van der Waals surface area contributed by atoms with Crippen molar-refractivity contribution in [2.24, 2.45) is 0 Å². The van der Waals surface area contributed by atoms with Gasteiger partial charge in [-0.25, -0.2) is 9.18 Å². The zero-order chi connectivity index (χ0) is 19.9. The molecule has 1 heterocycles. The van der Waals surface area contributed by atoms with Crippen LogP contribution in [0.25, 0.3) is 6.08 Å². The summed E-state index contributed by atoms with van der Waals surface area (Å²) in [6.45, 7) is -0.477. The van der Waals surface area contributed by atoms with Gasteiger partial charge in [-0.1, -0.05) is 18.2 Å². The van der Waals surface area contributed by atoms with Crippen LogP contribution in [0, 0.1) is 5.82 Å². The third-order valence-electron chi connectivity index (χ3n) is 3.59. The van der Waals surface area contributed by atoms with Crippen LogP contribution in [0.3, 0.4) is 0 Å². The molecule has 3 rings (SSSR count). The first kappa shape index (κ1) is 18.9. The number of ether oxygens (including phenoxy) is 3. The molecule has 2 N–H and O–H groups in total. The van der Waals surface area contributed by atoms with Crippen LogP contribution in [0.4, 0.5) is 4.39 Å². The zero-order valence-electron chi connectivity index (χ0n) is 14.4. The summed E-state index contributed by atoms with van der Waals surface area (Å²) in [4.78, 5) is 35.0. The molecule has 2 amide bonds. The van der Waals surface area contributed by atoms with E-state index in [1.165, 1.54) is 24.3 Å². The van der Waals surface area contributed by atoms with Crippen molar-refractivity contribution in [3.05, 3.63) is 65.5 Å². The number of benzene rings is 2. The van der Waals surface area contributed by atoms with Gasteiger partial charge >= 0.3 is 5.97 Å². The van der Waals surface area contributed by atoms with Gasteiger partial charge in [-0.3, -0.25) is 20.4 Å². The average molecular weight is 386 g/mol. The van der Waals surface area contributed by atoms with E-state index in [9.17, 15) is 18.8 Å². The summed E-state index contributed by atoms with van der Waals surface area (Å²) in [5, 5.41) is 0. The molecule has 0 atom stereocenters. The minimum absolute atomic E-state index is 0.146. The van der Waals surface area contributed by atoms with Crippen molar-refractivity contribution in [3.8, 4) is 11.5 Å². The van der Waals surface area contributed by atoms with Gasteiger partial charge in [0, 0.05) is 6.08 Å². The highest BCUT2D eigenvalue weighted by atomic mass is 19.1. The van der Waals surface area contributed by atoms with Crippen LogP contribution in [0.15, 0.2) is 48.5 Å². The van der Waals surface area contributed by atoms with Gasteiger partial charge in [0.1, 0.15) is 5.82 Å². The van der Waals surface area contributed by atoms with Crippen molar-refractivity contribution in [3.63, 3.8) is 0 Å². The molecule has 0 saturated carbocycles. The Morgan fingerprint density at radius 3 is 2.68 bits per heavy atom. The fourth-order valence-corrected chi connectivity index (χ4v) is 2.24. The van der Waals surface area contributed by atoms with E-state index in [0.717, 1.165) is 12.1 Å². The predicted octanol–water partition coefficient (Wildman–Crippen LogP) is 1.57. The predicted molar refractivity (Wildman–Crippen MR) is 94.6 cm³/mol. The van der Waals surface area contributed by atoms with E-state index in [1.54, 1.807) is 18.2 Å². The summed E-state index contributed by atoms with van der Waals surface area (Å²) in [6, 6.07) is 10.4. The van der Waals surface area contributed by atoms with Gasteiger partial charge in [0.05, 0.1) is 5.56 Å². The number of nitrogens with one attached hydrogen (secondary N) is 2. The quantitative estimate of drug-likeness (QED) is 0.459. The maximum atomic E-state index is 13.5. The molecule has 144 valence electrons. The number of carbonyl (C=O) groups is 3. The van der Waals surface area contributed by atoms with Crippen LogP contribution >= 0.6 is 0 Å². The maximum absolute atomic E-state index is 13.5. The molecule has 0 unspecified atom stereocenters. The minimum Gasteiger partial charge on any atom is -0.454 e. The largest absolute Gasteiger partial charge is 0.454 e. The standard InChI is InChI=1S/C19H15FN2O6/c20-14-4-2-1-3-13(14)19(25)22-21-17(23)10-26-18(24)8-6-12-5-7-15-16(9-12)28-11-27-15/h1-9H,10-11H2,(H,21,23)(H,22,25)/b8-6+. The van der Waals surface area contributed by atoms with Crippen LogP contribution in [-0.2, 0) is 14.3 Å². The van der Waals surface area contributed by atoms with Crippen LogP contribution in [0.1, 0.15) is 15.9 Å². The number of halogens is 1. The van der Waals surface area contributed by atoms with E-state index in [2.05, 4.69) is 0 Å². The van der Waals surface area contributed by atoms with E-state index >= 15 is 0 Å².